The predicted molar refractivity (Wildman–Crippen MR) is 32.7 cm³/mol. The van der Waals surface area contributed by atoms with Crippen LogP contribution in [0.3, 0.4) is 0 Å². The number of alkyl halides is 1. The Morgan fingerprint density at radius 1 is 1.43 bits per heavy atom. The van der Waals surface area contributed by atoms with Gasteiger partial charge >= 0.3 is 0 Å². The van der Waals surface area contributed by atoms with E-state index in [2.05, 4.69) is 6.92 Å². The summed E-state index contributed by atoms with van der Waals surface area (Å²) in [5, 5.41) is 0.495. The minimum Gasteiger partial charge on any atom is -0.123 e. The van der Waals surface area contributed by atoms with E-state index in [0.717, 1.165) is 5.92 Å². The molecule has 0 aromatic carbocycles. The van der Waals surface area contributed by atoms with E-state index in [1.165, 1.54) is 19.3 Å². The molecule has 1 aliphatic carbocycles. The summed E-state index contributed by atoms with van der Waals surface area (Å²) < 4.78 is 0. The Morgan fingerprint density at radius 2 is 2.14 bits per heavy atom. The van der Waals surface area contributed by atoms with Gasteiger partial charge in [-0.15, -0.1) is 11.6 Å². The van der Waals surface area contributed by atoms with E-state index in [4.69, 9.17) is 11.6 Å². The molecule has 1 rings (SSSR count). The van der Waals surface area contributed by atoms with Crippen molar-refractivity contribution in [3.8, 4) is 0 Å². The molecule has 0 heterocycles. The summed E-state index contributed by atoms with van der Waals surface area (Å²) in [6, 6.07) is 0. The molecular formula is C6H11Cl. The minimum absolute atomic E-state index is 0.495. The van der Waals surface area contributed by atoms with Gasteiger partial charge in [0.1, 0.15) is 0 Å². The van der Waals surface area contributed by atoms with Gasteiger partial charge in [0.05, 0.1) is 0 Å². The Labute approximate surface area is 49.9 Å². The minimum atomic E-state index is 0.495. The van der Waals surface area contributed by atoms with Gasteiger partial charge in [0.15, 0.2) is 0 Å². The normalized spacial score (nSPS) is 42.0. The molecule has 1 heteroatoms. The van der Waals surface area contributed by atoms with E-state index in [0.29, 0.717) is 5.38 Å². The molecule has 42 valence electrons. The first kappa shape index (κ1) is 5.43. The molecule has 0 N–H and O–H groups in total. The number of hydrogen-bond donors (Lipinski definition) is 0. The number of halogens is 1. The van der Waals surface area contributed by atoms with E-state index in [1.54, 1.807) is 0 Å². The van der Waals surface area contributed by atoms with Gasteiger partial charge in [-0.1, -0.05) is 6.92 Å². The van der Waals surface area contributed by atoms with Gasteiger partial charge < -0.3 is 0 Å². The zero-order chi connectivity index (χ0) is 5.28. The van der Waals surface area contributed by atoms with Gasteiger partial charge in [-0.2, -0.15) is 0 Å². The lowest BCUT2D eigenvalue weighted by molar-refractivity contribution is 0.613. The van der Waals surface area contributed by atoms with Crippen LogP contribution in [-0.2, 0) is 0 Å². The molecule has 0 aromatic rings. The lowest BCUT2D eigenvalue weighted by Crippen LogP contribution is -1.87. The maximum atomic E-state index is 5.81. The van der Waals surface area contributed by atoms with E-state index >= 15 is 0 Å². The van der Waals surface area contributed by atoms with Crippen LogP contribution in [0.1, 0.15) is 26.2 Å². The zero-order valence-corrected chi connectivity index (χ0v) is 5.41. The molecule has 1 aliphatic rings. The molecule has 0 unspecified atom stereocenters. The van der Waals surface area contributed by atoms with Gasteiger partial charge in [-0.25, -0.2) is 0 Å². The highest BCUT2D eigenvalue weighted by molar-refractivity contribution is 6.20. The van der Waals surface area contributed by atoms with Crippen LogP contribution in [0, 0.1) is 5.92 Å². The van der Waals surface area contributed by atoms with E-state index < -0.39 is 0 Å². The second-order valence-corrected chi connectivity index (χ2v) is 3.13. The van der Waals surface area contributed by atoms with Crippen molar-refractivity contribution >= 4 is 11.6 Å². The van der Waals surface area contributed by atoms with Crippen LogP contribution in [0.25, 0.3) is 0 Å². The molecule has 0 saturated heterocycles. The Balaban J connectivity index is 2.26. The summed E-state index contributed by atoms with van der Waals surface area (Å²) >= 11 is 5.81. The Bertz CT molecular complexity index is 53.2. The van der Waals surface area contributed by atoms with Gasteiger partial charge in [0.25, 0.3) is 0 Å². The highest BCUT2D eigenvalue weighted by Gasteiger charge is 2.17. The summed E-state index contributed by atoms with van der Waals surface area (Å²) in [4.78, 5) is 0. The van der Waals surface area contributed by atoms with Crippen molar-refractivity contribution in [3.05, 3.63) is 0 Å². The maximum Gasteiger partial charge on any atom is 0.0338 e. The Morgan fingerprint density at radius 3 is 2.29 bits per heavy atom. The number of rotatable bonds is 0. The molecule has 7 heavy (non-hydrogen) atoms. The van der Waals surface area contributed by atoms with Crippen molar-refractivity contribution in [1.82, 2.24) is 0 Å². The van der Waals surface area contributed by atoms with Crippen LogP contribution in [-0.4, -0.2) is 5.38 Å². The predicted octanol–water partition coefficient (Wildman–Crippen LogP) is 2.41. The number of hydrogen-bond acceptors (Lipinski definition) is 0. The third kappa shape index (κ3) is 1.34. The molecule has 0 spiro atoms. The van der Waals surface area contributed by atoms with E-state index in [-0.39, 0.29) is 0 Å². The molecule has 0 amide bonds. The average molecular weight is 119 g/mol. The van der Waals surface area contributed by atoms with Crippen LogP contribution in [0.5, 0.6) is 0 Å². The summed E-state index contributed by atoms with van der Waals surface area (Å²) in [6.45, 7) is 2.27. The van der Waals surface area contributed by atoms with Gasteiger partial charge in [0.2, 0.25) is 0 Å². The van der Waals surface area contributed by atoms with Crippen LogP contribution in [0.2, 0.25) is 0 Å². The van der Waals surface area contributed by atoms with Crippen molar-refractivity contribution in [2.24, 2.45) is 5.92 Å². The lowest BCUT2D eigenvalue weighted by atomic mass is 10.2. The zero-order valence-electron chi connectivity index (χ0n) is 4.65. The van der Waals surface area contributed by atoms with E-state index in [1.807, 2.05) is 0 Å². The molecule has 0 aliphatic heterocycles. The second kappa shape index (κ2) is 2.04. The third-order valence-electron chi connectivity index (χ3n) is 1.63. The third-order valence-corrected chi connectivity index (χ3v) is 2.03. The van der Waals surface area contributed by atoms with Crippen LogP contribution in [0.4, 0.5) is 0 Å². The SMILES string of the molecule is C[C@@H]1CC[C@H](Cl)C1. The second-order valence-electron chi connectivity index (χ2n) is 2.52. The summed E-state index contributed by atoms with van der Waals surface area (Å²) in [5.74, 6) is 0.891. The molecule has 0 radical (unpaired) electrons. The largest absolute Gasteiger partial charge is 0.123 e. The molecular weight excluding hydrogens is 108 g/mol. The first-order valence-electron chi connectivity index (χ1n) is 2.93. The fraction of sp³-hybridized carbons (Fsp3) is 1.00. The quantitative estimate of drug-likeness (QED) is 0.429. The van der Waals surface area contributed by atoms with Crippen LogP contribution < -0.4 is 0 Å². The standard InChI is InChI=1S/C6H11Cl/c1-5-2-3-6(7)4-5/h5-6H,2-4H2,1H3/t5-,6+/m1/s1. The maximum absolute atomic E-state index is 5.81. The lowest BCUT2D eigenvalue weighted by Gasteiger charge is -1.94. The molecule has 0 nitrogen and oxygen atoms in total. The topological polar surface area (TPSA) is 0 Å². The summed E-state index contributed by atoms with van der Waals surface area (Å²) in [5.41, 5.74) is 0. The molecule has 1 saturated carbocycles. The van der Waals surface area contributed by atoms with Crippen LogP contribution in [0.15, 0.2) is 0 Å². The molecule has 1 fully saturated rings. The summed E-state index contributed by atoms with van der Waals surface area (Å²) in [7, 11) is 0. The monoisotopic (exact) mass is 118 g/mol. The highest BCUT2D eigenvalue weighted by atomic mass is 35.5. The highest BCUT2D eigenvalue weighted by Crippen LogP contribution is 2.28. The van der Waals surface area contributed by atoms with Crippen molar-refractivity contribution in [2.75, 3.05) is 0 Å². The first-order valence-corrected chi connectivity index (χ1v) is 3.36. The Kier molecular flexibility index (Phi) is 1.58. The summed E-state index contributed by atoms with van der Waals surface area (Å²) in [6.07, 6.45) is 3.82. The van der Waals surface area contributed by atoms with Crippen molar-refractivity contribution in [2.45, 2.75) is 31.6 Å². The fourth-order valence-electron chi connectivity index (χ4n) is 1.14. The Hall–Kier alpha value is 0.290. The van der Waals surface area contributed by atoms with Gasteiger partial charge in [0, 0.05) is 5.38 Å². The van der Waals surface area contributed by atoms with Crippen molar-refractivity contribution < 1.29 is 0 Å². The van der Waals surface area contributed by atoms with Crippen molar-refractivity contribution in [3.63, 3.8) is 0 Å². The molecule has 0 aromatic heterocycles. The first-order chi connectivity index (χ1) is 3.29. The van der Waals surface area contributed by atoms with E-state index in [9.17, 15) is 0 Å². The fourth-order valence-corrected chi connectivity index (χ4v) is 1.57. The average Bonchev–Trinajstić information content (AvgIpc) is 1.87. The van der Waals surface area contributed by atoms with Gasteiger partial charge in [-0.3, -0.25) is 0 Å². The van der Waals surface area contributed by atoms with Gasteiger partial charge in [-0.05, 0) is 25.2 Å². The molecule has 2 atom stereocenters. The van der Waals surface area contributed by atoms with Crippen molar-refractivity contribution in [1.29, 1.82) is 0 Å². The van der Waals surface area contributed by atoms with Crippen LogP contribution >= 0.6 is 11.6 Å². The molecule has 0 bridgehead atoms. The smallest absolute Gasteiger partial charge is 0.0338 e.